The summed E-state index contributed by atoms with van der Waals surface area (Å²) in [5.74, 6) is 4.11. The molecule has 2 saturated carbocycles. The Morgan fingerprint density at radius 1 is 0.558 bits per heavy atom. The van der Waals surface area contributed by atoms with Crippen molar-refractivity contribution >= 4 is 0 Å². The molecule has 6 atom stereocenters. The molecule has 0 aliphatic heterocycles. The van der Waals surface area contributed by atoms with Crippen LogP contribution < -0.4 is 0 Å². The van der Waals surface area contributed by atoms with Crippen LogP contribution in [0.25, 0.3) is 0 Å². The van der Waals surface area contributed by atoms with Crippen LogP contribution in [0.5, 0.6) is 11.5 Å². The molecule has 2 fully saturated rings. The van der Waals surface area contributed by atoms with Gasteiger partial charge in [0, 0.05) is 6.42 Å². The Morgan fingerprint density at radius 2 is 0.977 bits per heavy atom. The number of hydrogen-bond donors (Lipinski definition) is 2. The molecule has 4 aromatic rings. The van der Waals surface area contributed by atoms with Gasteiger partial charge in [-0.1, -0.05) is 112 Å². The molecule has 2 N–H and O–H groups in total. The van der Waals surface area contributed by atoms with Gasteiger partial charge in [0.25, 0.3) is 0 Å². The zero-order valence-corrected chi connectivity index (χ0v) is 26.0. The molecule has 0 amide bonds. The van der Waals surface area contributed by atoms with Crippen LogP contribution in [-0.4, -0.2) is 10.2 Å². The van der Waals surface area contributed by atoms with E-state index >= 15 is 0 Å². The van der Waals surface area contributed by atoms with E-state index in [2.05, 4.69) is 98.8 Å². The Labute approximate surface area is 258 Å². The number of benzene rings is 4. The molecule has 2 heteroatoms. The van der Waals surface area contributed by atoms with Gasteiger partial charge in [0.2, 0.25) is 0 Å². The van der Waals surface area contributed by atoms with Crippen LogP contribution in [0.15, 0.2) is 97.1 Å². The topological polar surface area (TPSA) is 40.5 Å². The zero-order valence-electron chi connectivity index (χ0n) is 26.0. The molecular weight excluding hydrogens is 524 g/mol. The lowest BCUT2D eigenvalue weighted by molar-refractivity contribution is 0.286. The van der Waals surface area contributed by atoms with Crippen LogP contribution in [-0.2, 0) is 6.42 Å². The summed E-state index contributed by atoms with van der Waals surface area (Å²) in [7, 11) is 0. The first kappa shape index (κ1) is 29.5. The predicted molar refractivity (Wildman–Crippen MR) is 178 cm³/mol. The van der Waals surface area contributed by atoms with Crippen LogP contribution in [0.2, 0.25) is 0 Å². The molecule has 0 heterocycles. The van der Waals surface area contributed by atoms with Crippen molar-refractivity contribution < 1.29 is 10.2 Å². The van der Waals surface area contributed by atoms with E-state index in [1.54, 1.807) is 0 Å². The molecule has 0 spiro atoms. The molecule has 0 aromatic heterocycles. The van der Waals surface area contributed by atoms with Crippen LogP contribution in [0.3, 0.4) is 0 Å². The van der Waals surface area contributed by atoms with E-state index in [1.807, 2.05) is 12.1 Å². The van der Waals surface area contributed by atoms with E-state index in [-0.39, 0.29) is 0 Å². The van der Waals surface area contributed by atoms with E-state index in [1.165, 1.54) is 73.6 Å². The van der Waals surface area contributed by atoms with E-state index in [0.29, 0.717) is 53.4 Å². The second-order valence-electron chi connectivity index (χ2n) is 13.6. The molecule has 2 aliphatic carbocycles. The van der Waals surface area contributed by atoms with Gasteiger partial charge in [-0.15, -0.1) is 0 Å². The summed E-state index contributed by atoms with van der Waals surface area (Å²) < 4.78 is 0. The molecule has 43 heavy (non-hydrogen) atoms. The van der Waals surface area contributed by atoms with Crippen LogP contribution in [0, 0.1) is 11.8 Å². The van der Waals surface area contributed by atoms with Crippen molar-refractivity contribution in [1.29, 1.82) is 0 Å². The molecule has 0 saturated heterocycles. The van der Waals surface area contributed by atoms with Gasteiger partial charge in [-0.05, 0) is 120 Å². The number of hydrogen-bond acceptors (Lipinski definition) is 2. The first-order valence-corrected chi connectivity index (χ1v) is 16.7. The lowest BCUT2D eigenvalue weighted by atomic mass is 9.71. The van der Waals surface area contributed by atoms with Crippen molar-refractivity contribution in [2.75, 3.05) is 0 Å². The third kappa shape index (κ3) is 6.85. The second kappa shape index (κ2) is 13.4. The summed E-state index contributed by atoms with van der Waals surface area (Å²) in [5, 5.41) is 21.8. The van der Waals surface area contributed by atoms with Crippen molar-refractivity contribution in [2.24, 2.45) is 11.8 Å². The Kier molecular flexibility index (Phi) is 9.22. The molecule has 6 rings (SSSR count). The molecule has 224 valence electrons. The maximum atomic E-state index is 10.9. The minimum Gasteiger partial charge on any atom is -0.508 e. The van der Waals surface area contributed by atoms with E-state index in [4.69, 9.17) is 0 Å². The SMILES string of the molecule is CC(c1ccccc1)C1CCCC(c2ccc(O)c(Cc3cc(C4CCCC(C(C)c5ccccc5)C4)ccc3O)c2)C1. The number of aromatic hydroxyl groups is 2. The Morgan fingerprint density at radius 3 is 1.40 bits per heavy atom. The standard InChI is InChI=1S/C41H48O2/c1-28(30-11-5-3-6-12-30)32-15-9-17-34(23-32)36-19-21-40(42)38(25-36)27-39-26-37(20-22-41(39)43)35-18-10-16-33(24-35)29(2)31-13-7-4-8-14-31/h3-8,11-14,19-22,25-26,28-29,32-35,42-43H,9-10,15-18,23-24,27H2,1-2H3. The number of phenols is 2. The first-order chi connectivity index (χ1) is 21.0. The molecule has 0 bridgehead atoms. The normalized spacial score (nSPS) is 23.9. The average molecular weight is 573 g/mol. The van der Waals surface area contributed by atoms with Crippen molar-refractivity contribution in [1.82, 2.24) is 0 Å². The van der Waals surface area contributed by atoms with Crippen LogP contribution in [0.1, 0.15) is 122 Å². The Bertz CT molecular complexity index is 1360. The predicted octanol–water partition coefficient (Wildman–Crippen LogP) is 10.8. The van der Waals surface area contributed by atoms with Gasteiger partial charge in [0.15, 0.2) is 0 Å². The average Bonchev–Trinajstić information content (AvgIpc) is 3.07. The molecule has 0 radical (unpaired) electrons. The molecular formula is C41H48O2. The zero-order chi connectivity index (χ0) is 29.8. The fourth-order valence-corrected chi connectivity index (χ4v) is 8.23. The number of rotatable bonds is 8. The second-order valence-corrected chi connectivity index (χ2v) is 13.6. The quantitative estimate of drug-likeness (QED) is 0.220. The van der Waals surface area contributed by atoms with E-state index in [9.17, 15) is 10.2 Å². The summed E-state index contributed by atoms with van der Waals surface area (Å²) in [6.45, 7) is 4.77. The molecule has 6 unspecified atom stereocenters. The third-order valence-electron chi connectivity index (χ3n) is 11.0. The Balaban J connectivity index is 1.17. The van der Waals surface area contributed by atoms with Crippen LogP contribution >= 0.6 is 0 Å². The monoisotopic (exact) mass is 572 g/mol. The van der Waals surface area contributed by atoms with E-state index in [0.717, 1.165) is 11.1 Å². The van der Waals surface area contributed by atoms with Gasteiger partial charge in [0.1, 0.15) is 11.5 Å². The number of phenolic OH excluding ortho intramolecular Hbond substituents is 2. The van der Waals surface area contributed by atoms with Gasteiger partial charge >= 0.3 is 0 Å². The van der Waals surface area contributed by atoms with Gasteiger partial charge in [0.05, 0.1) is 0 Å². The largest absolute Gasteiger partial charge is 0.508 e. The summed E-state index contributed by atoms with van der Waals surface area (Å²) in [5.41, 5.74) is 7.38. The highest BCUT2D eigenvalue weighted by atomic mass is 16.3. The van der Waals surface area contributed by atoms with Crippen molar-refractivity contribution in [3.63, 3.8) is 0 Å². The lowest BCUT2D eigenvalue weighted by Crippen LogP contribution is -2.19. The highest BCUT2D eigenvalue weighted by Crippen LogP contribution is 2.45. The minimum absolute atomic E-state index is 0.327. The summed E-state index contributed by atoms with van der Waals surface area (Å²) >= 11 is 0. The Hall–Kier alpha value is -3.52. The van der Waals surface area contributed by atoms with Crippen molar-refractivity contribution in [2.45, 2.75) is 95.3 Å². The van der Waals surface area contributed by atoms with Crippen molar-refractivity contribution in [3.05, 3.63) is 130 Å². The minimum atomic E-state index is 0.327. The fraction of sp³-hybridized carbons (Fsp3) is 0.415. The molecule has 2 nitrogen and oxygen atoms in total. The summed E-state index contributed by atoms with van der Waals surface area (Å²) in [4.78, 5) is 0. The smallest absolute Gasteiger partial charge is 0.119 e. The highest BCUT2D eigenvalue weighted by Gasteiger charge is 2.30. The molecule has 4 aromatic carbocycles. The van der Waals surface area contributed by atoms with E-state index < -0.39 is 0 Å². The van der Waals surface area contributed by atoms with Crippen molar-refractivity contribution in [3.8, 4) is 11.5 Å². The summed E-state index contributed by atoms with van der Waals surface area (Å²) in [6, 6.07) is 34.4. The first-order valence-electron chi connectivity index (χ1n) is 16.7. The van der Waals surface area contributed by atoms with Gasteiger partial charge in [-0.25, -0.2) is 0 Å². The van der Waals surface area contributed by atoms with Gasteiger partial charge in [-0.3, -0.25) is 0 Å². The lowest BCUT2D eigenvalue weighted by Gasteiger charge is -2.34. The summed E-state index contributed by atoms with van der Waals surface area (Å²) in [6.07, 6.45) is 10.4. The highest BCUT2D eigenvalue weighted by molar-refractivity contribution is 5.46. The fourth-order valence-electron chi connectivity index (χ4n) is 8.23. The third-order valence-corrected chi connectivity index (χ3v) is 11.0. The maximum Gasteiger partial charge on any atom is 0.119 e. The van der Waals surface area contributed by atoms with Crippen LogP contribution in [0.4, 0.5) is 0 Å². The van der Waals surface area contributed by atoms with Gasteiger partial charge < -0.3 is 10.2 Å². The van der Waals surface area contributed by atoms with Gasteiger partial charge in [-0.2, -0.15) is 0 Å². The molecule has 2 aliphatic rings. The maximum absolute atomic E-state index is 10.9.